The number of nitrogens with zero attached hydrogens (tertiary/aromatic N) is 2. The van der Waals surface area contributed by atoms with E-state index in [1.165, 1.54) is 0 Å². The predicted molar refractivity (Wildman–Crippen MR) is 94.1 cm³/mol. The predicted octanol–water partition coefficient (Wildman–Crippen LogP) is 4.30. The van der Waals surface area contributed by atoms with Gasteiger partial charge in [0.2, 0.25) is 0 Å². The van der Waals surface area contributed by atoms with Crippen LogP contribution in [0.5, 0.6) is 0 Å². The molecule has 0 atom stereocenters. The van der Waals surface area contributed by atoms with Gasteiger partial charge in [0.15, 0.2) is 5.13 Å². The van der Waals surface area contributed by atoms with E-state index < -0.39 is 0 Å². The van der Waals surface area contributed by atoms with Crippen molar-refractivity contribution in [2.24, 2.45) is 0 Å². The molecular weight excluding hydrogens is 382 g/mol. The van der Waals surface area contributed by atoms with Crippen LogP contribution in [-0.4, -0.2) is 15.5 Å². The highest BCUT2D eigenvalue weighted by Crippen LogP contribution is 2.23. The lowest BCUT2D eigenvalue weighted by Crippen LogP contribution is -2.22. The highest BCUT2D eigenvalue weighted by Gasteiger charge is 2.17. The number of nitrogens with one attached hydrogen (secondary N) is 1. The van der Waals surface area contributed by atoms with Crippen molar-refractivity contribution in [2.45, 2.75) is 20.4 Å². The first-order valence-corrected chi connectivity index (χ1v) is 9.21. The van der Waals surface area contributed by atoms with E-state index >= 15 is 0 Å². The van der Waals surface area contributed by atoms with Crippen molar-refractivity contribution in [1.29, 1.82) is 0 Å². The molecule has 3 aromatic rings. The normalized spacial score (nSPS) is 10.9. The molecule has 0 saturated carbocycles. The number of aryl methyl sites for hydroxylation is 1. The van der Waals surface area contributed by atoms with E-state index in [0.717, 1.165) is 25.9 Å². The number of amides is 1. The molecule has 3 rings (SSSR count). The molecule has 0 radical (unpaired) electrons. The second-order valence-corrected chi connectivity index (χ2v) is 7.63. The summed E-state index contributed by atoms with van der Waals surface area (Å²) in [4.78, 5) is 17.9. The van der Waals surface area contributed by atoms with Crippen LogP contribution in [-0.2, 0) is 6.54 Å². The van der Waals surface area contributed by atoms with E-state index in [1.807, 2.05) is 41.3 Å². The second kappa shape index (κ2) is 6.36. The molecule has 0 unspecified atom stereocenters. The SMILES string of the molecule is Cc1cc(C(=O)NCc2cc(Br)cs2)c(C)n1-c1nccs1. The van der Waals surface area contributed by atoms with Crippen LogP contribution in [0.2, 0.25) is 0 Å². The van der Waals surface area contributed by atoms with Crippen LogP contribution in [0.1, 0.15) is 26.6 Å². The van der Waals surface area contributed by atoms with Gasteiger partial charge in [-0.05, 0) is 41.9 Å². The first-order chi connectivity index (χ1) is 10.6. The van der Waals surface area contributed by atoms with Crippen LogP contribution >= 0.6 is 38.6 Å². The maximum absolute atomic E-state index is 12.4. The van der Waals surface area contributed by atoms with Crippen molar-refractivity contribution < 1.29 is 4.79 Å². The third kappa shape index (κ3) is 3.02. The van der Waals surface area contributed by atoms with Gasteiger partial charge >= 0.3 is 0 Å². The summed E-state index contributed by atoms with van der Waals surface area (Å²) >= 11 is 6.60. The number of hydrogen-bond donors (Lipinski definition) is 1. The Balaban J connectivity index is 1.80. The zero-order valence-electron chi connectivity index (χ0n) is 12.1. The molecule has 7 heteroatoms. The summed E-state index contributed by atoms with van der Waals surface area (Å²) in [5, 5.41) is 7.80. The number of thiazole rings is 1. The van der Waals surface area contributed by atoms with Gasteiger partial charge in [-0.2, -0.15) is 0 Å². The molecule has 0 fully saturated rings. The average Bonchev–Trinajstić information content (AvgIpc) is 3.18. The van der Waals surface area contributed by atoms with Crippen LogP contribution in [0.15, 0.2) is 33.6 Å². The number of carbonyl (C=O) groups excluding carboxylic acids is 1. The van der Waals surface area contributed by atoms with Crippen molar-refractivity contribution in [3.05, 3.63) is 55.4 Å². The van der Waals surface area contributed by atoms with Gasteiger partial charge in [-0.3, -0.25) is 9.36 Å². The molecule has 0 aliphatic heterocycles. The molecule has 0 spiro atoms. The standard InChI is InChI=1S/C15H14BrN3OS2/c1-9-5-13(10(2)19(9)15-17-3-4-21-15)14(20)18-7-12-6-11(16)8-22-12/h3-6,8H,7H2,1-2H3,(H,18,20). The van der Waals surface area contributed by atoms with Crippen LogP contribution in [0.25, 0.3) is 5.13 Å². The number of carbonyl (C=O) groups is 1. The quantitative estimate of drug-likeness (QED) is 0.715. The Morgan fingerprint density at radius 1 is 1.36 bits per heavy atom. The van der Waals surface area contributed by atoms with E-state index in [4.69, 9.17) is 0 Å². The Bertz CT molecular complexity index is 805. The van der Waals surface area contributed by atoms with E-state index in [9.17, 15) is 4.79 Å². The van der Waals surface area contributed by atoms with Crippen molar-refractivity contribution in [1.82, 2.24) is 14.9 Å². The summed E-state index contributed by atoms with van der Waals surface area (Å²) in [6.07, 6.45) is 1.77. The van der Waals surface area contributed by atoms with E-state index in [-0.39, 0.29) is 5.91 Å². The third-order valence-corrected chi connectivity index (χ3v) is 5.79. The van der Waals surface area contributed by atoms with Crippen molar-refractivity contribution in [3.8, 4) is 5.13 Å². The minimum Gasteiger partial charge on any atom is -0.347 e. The lowest BCUT2D eigenvalue weighted by atomic mass is 10.2. The number of thiophene rings is 1. The number of rotatable bonds is 4. The highest BCUT2D eigenvalue weighted by molar-refractivity contribution is 9.10. The molecule has 114 valence electrons. The molecule has 22 heavy (non-hydrogen) atoms. The summed E-state index contributed by atoms with van der Waals surface area (Å²) in [6.45, 7) is 4.47. The molecule has 0 saturated heterocycles. The van der Waals surface area contributed by atoms with Crippen LogP contribution in [0.4, 0.5) is 0 Å². The summed E-state index contributed by atoms with van der Waals surface area (Å²) in [6, 6.07) is 3.93. The maximum atomic E-state index is 12.4. The fourth-order valence-corrected chi connectivity index (χ4v) is 4.46. The van der Waals surface area contributed by atoms with Crippen LogP contribution in [0.3, 0.4) is 0 Å². The number of hydrogen-bond acceptors (Lipinski definition) is 4. The minimum absolute atomic E-state index is 0.0552. The molecule has 1 N–H and O–H groups in total. The number of aromatic nitrogens is 2. The topological polar surface area (TPSA) is 46.9 Å². The molecule has 0 bridgehead atoms. The molecule has 0 aromatic carbocycles. The monoisotopic (exact) mass is 395 g/mol. The fourth-order valence-electron chi connectivity index (χ4n) is 2.32. The Morgan fingerprint density at radius 3 is 2.82 bits per heavy atom. The van der Waals surface area contributed by atoms with Crippen molar-refractivity contribution >= 4 is 44.5 Å². The second-order valence-electron chi connectivity index (χ2n) is 4.85. The molecule has 0 aliphatic rings. The molecule has 3 aromatic heterocycles. The van der Waals surface area contributed by atoms with Crippen LogP contribution < -0.4 is 5.32 Å². The van der Waals surface area contributed by atoms with Crippen molar-refractivity contribution in [3.63, 3.8) is 0 Å². The molecule has 4 nitrogen and oxygen atoms in total. The van der Waals surface area contributed by atoms with Crippen LogP contribution in [0, 0.1) is 13.8 Å². The summed E-state index contributed by atoms with van der Waals surface area (Å²) in [5.74, 6) is -0.0552. The maximum Gasteiger partial charge on any atom is 0.253 e. The van der Waals surface area contributed by atoms with Gasteiger partial charge in [0.25, 0.3) is 5.91 Å². The minimum atomic E-state index is -0.0552. The largest absolute Gasteiger partial charge is 0.347 e. The Hall–Kier alpha value is -1.44. The van der Waals surface area contributed by atoms with Gasteiger partial charge in [0.1, 0.15) is 0 Å². The zero-order chi connectivity index (χ0) is 15.7. The van der Waals surface area contributed by atoms with Gasteiger partial charge in [-0.25, -0.2) is 4.98 Å². The lowest BCUT2D eigenvalue weighted by molar-refractivity contribution is 0.0950. The van der Waals surface area contributed by atoms with Gasteiger partial charge in [-0.1, -0.05) is 0 Å². The molecule has 3 heterocycles. The van der Waals surface area contributed by atoms with Gasteiger partial charge < -0.3 is 5.32 Å². The Kier molecular flexibility index (Phi) is 4.46. The van der Waals surface area contributed by atoms with Crippen molar-refractivity contribution in [2.75, 3.05) is 0 Å². The first-order valence-electron chi connectivity index (χ1n) is 6.66. The van der Waals surface area contributed by atoms with Gasteiger partial charge in [0.05, 0.1) is 12.1 Å². The van der Waals surface area contributed by atoms with E-state index in [2.05, 4.69) is 26.2 Å². The molecule has 0 aliphatic carbocycles. The smallest absolute Gasteiger partial charge is 0.253 e. The average molecular weight is 396 g/mol. The number of halogens is 1. The first kappa shape index (κ1) is 15.5. The molecular formula is C15H14BrN3OS2. The molecule has 1 amide bonds. The van der Waals surface area contributed by atoms with Gasteiger partial charge in [-0.15, -0.1) is 22.7 Å². The zero-order valence-corrected chi connectivity index (χ0v) is 15.3. The lowest BCUT2D eigenvalue weighted by Gasteiger charge is -2.06. The summed E-state index contributed by atoms with van der Waals surface area (Å²) in [7, 11) is 0. The Labute approximate surface area is 145 Å². The van der Waals surface area contributed by atoms with E-state index in [0.29, 0.717) is 12.1 Å². The summed E-state index contributed by atoms with van der Waals surface area (Å²) in [5.41, 5.74) is 2.62. The Morgan fingerprint density at radius 2 is 2.18 bits per heavy atom. The summed E-state index contributed by atoms with van der Waals surface area (Å²) < 4.78 is 3.06. The fraction of sp³-hybridized carbons (Fsp3) is 0.200. The van der Waals surface area contributed by atoms with E-state index in [1.54, 1.807) is 28.9 Å². The van der Waals surface area contributed by atoms with Gasteiger partial charge in [0, 0.05) is 37.7 Å². The third-order valence-electron chi connectivity index (χ3n) is 3.33. The highest BCUT2D eigenvalue weighted by atomic mass is 79.9.